The molecule has 0 saturated carbocycles. The summed E-state index contributed by atoms with van der Waals surface area (Å²) in [5.41, 5.74) is 2.81. The molecule has 5 nitrogen and oxygen atoms in total. The molecule has 2 heterocycles. The van der Waals surface area contributed by atoms with Gasteiger partial charge in [0.2, 0.25) is 5.88 Å². The standard InChI is InChI=1S/C13H12BN3O2/c18-13-11-7-16-17(12(11)5-6-15-13)8-9-1-3-10(14-19)4-2-9/h1-7,14,19H,8H2,(H,15,18). The summed E-state index contributed by atoms with van der Waals surface area (Å²) in [7, 11) is 0.0462. The van der Waals surface area contributed by atoms with Crippen LogP contribution >= 0.6 is 0 Å². The Bertz CT molecular complexity index is 709. The monoisotopic (exact) mass is 253 g/mol. The van der Waals surface area contributed by atoms with Crippen LogP contribution in [0.15, 0.2) is 42.7 Å². The lowest BCUT2D eigenvalue weighted by Crippen LogP contribution is -2.13. The predicted molar refractivity (Wildman–Crippen MR) is 73.7 cm³/mol. The van der Waals surface area contributed by atoms with E-state index < -0.39 is 0 Å². The number of rotatable bonds is 3. The molecule has 3 rings (SSSR count). The molecule has 94 valence electrons. The van der Waals surface area contributed by atoms with Crippen molar-refractivity contribution < 1.29 is 10.1 Å². The second-order valence-corrected chi connectivity index (χ2v) is 4.34. The Morgan fingerprint density at radius 3 is 2.68 bits per heavy atom. The molecule has 0 fully saturated rings. The molecule has 0 bridgehead atoms. The molecule has 0 aliphatic heterocycles. The van der Waals surface area contributed by atoms with Crippen molar-refractivity contribution >= 4 is 23.8 Å². The van der Waals surface area contributed by atoms with Crippen molar-refractivity contribution in [1.29, 1.82) is 0 Å². The van der Waals surface area contributed by atoms with Gasteiger partial charge in [-0.05, 0) is 11.6 Å². The van der Waals surface area contributed by atoms with Crippen molar-refractivity contribution in [3.63, 3.8) is 0 Å². The predicted octanol–water partition coefficient (Wildman–Crippen LogP) is 0.154. The Balaban J connectivity index is 1.94. The van der Waals surface area contributed by atoms with Gasteiger partial charge in [-0.2, -0.15) is 5.10 Å². The third-order valence-electron chi connectivity index (χ3n) is 3.09. The molecule has 1 aromatic carbocycles. The fraction of sp³-hybridized carbons (Fsp3) is 0.0769. The van der Waals surface area contributed by atoms with Crippen LogP contribution in [0.4, 0.5) is 0 Å². The van der Waals surface area contributed by atoms with Crippen LogP contribution in [0.3, 0.4) is 0 Å². The number of aromatic hydroxyl groups is 1. The van der Waals surface area contributed by atoms with Gasteiger partial charge in [0, 0.05) is 6.20 Å². The average molecular weight is 253 g/mol. The molecule has 0 spiro atoms. The number of nitrogens with zero attached hydrogens (tertiary/aromatic N) is 3. The van der Waals surface area contributed by atoms with Gasteiger partial charge in [0.1, 0.15) is 0 Å². The van der Waals surface area contributed by atoms with Crippen LogP contribution in [0, 0.1) is 0 Å². The fourth-order valence-corrected chi connectivity index (χ4v) is 2.04. The molecule has 19 heavy (non-hydrogen) atoms. The molecule has 2 N–H and O–H groups in total. The van der Waals surface area contributed by atoms with Gasteiger partial charge in [-0.3, -0.25) is 4.68 Å². The van der Waals surface area contributed by atoms with E-state index in [4.69, 9.17) is 5.02 Å². The summed E-state index contributed by atoms with van der Waals surface area (Å²) in [6.45, 7) is 0.610. The molecule has 2 aromatic heterocycles. The SMILES string of the molecule is OBc1ccc(Cn2ncc3c(O)nccc32)cc1. The maximum atomic E-state index is 9.63. The van der Waals surface area contributed by atoms with Crippen LogP contribution in [0.1, 0.15) is 5.56 Å². The normalized spacial score (nSPS) is 10.8. The maximum Gasteiger partial charge on any atom is 0.304 e. The van der Waals surface area contributed by atoms with Crippen molar-refractivity contribution in [3.8, 4) is 5.88 Å². The first kappa shape index (κ1) is 11.7. The largest absolute Gasteiger partial charge is 0.493 e. The summed E-state index contributed by atoms with van der Waals surface area (Å²) in [6, 6.07) is 9.52. The van der Waals surface area contributed by atoms with Crippen LogP contribution in [-0.4, -0.2) is 32.4 Å². The second kappa shape index (κ2) is 4.74. The smallest absolute Gasteiger partial charge is 0.304 e. The van der Waals surface area contributed by atoms with Gasteiger partial charge in [-0.1, -0.05) is 29.7 Å². The van der Waals surface area contributed by atoms with E-state index >= 15 is 0 Å². The van der Waals surface area contributed by atoms with Crippen molar-refractivity contribution in [3.05, 3.63) is 48.3 Å². The zero-order chi connectivity index (χ0) is 13.2. The van der Waals surface area contributed by atoms with Gasteiger partial charge in [0.05, 0.1) is 23.6 Å². The van der Waals surface area contributed by atoms with Crippen LogP contribution in [0.25, 0.3) is 10.9 Å². The average Bonchev–Trinajstić information content (AvgIpc) is 2.84. The minimum Gasteiger partial charge on any atom is -0.493 e. The summed E-state index contributed by atoms with van der Waals surface area (Å²) in [5.74, 6) is -0.000576. The number of aromatic nitrogens is 3. The molecular formula is C13H12BN3O2. The Labute approximate surface area is 110 Å². The summed E-state index contributed by atoms with van der Waals surface area (Å²) in [6.07, 6.45) is 3.17. The molecular weight excluding hydrogens is 241 g/mol. The van der Waals surface area contributed by atoms with Crippen LogP contribution in [0.5, 0.6) is 5.88 Å². The Morgan fingerprint density at radius 2 is 1.95 bits per heavy atom. The summed E-state index contributed by atoms with van der Waals surface area (Å²) < 4.78 is 1.81. The first-order valence-corrected chi connectivity index (χ1v) is 5.96. The van der Waals surface area contributed by atoms with E-state index in [9.17, 15) is 5.11 Å². The van der Waals surface area contributed by atoms with Gasteiger partial charge in [0.15, 0.2) is 0 Å². The highest BCUT2D eigenvalue weighted by Crippen LogP contribution is 2.21. The quantitative estimate of drug-likeness (QED) is 0.652. The lowest BCUT2D eigenvalue weighted by molar-refractivity contribution is 0.460. The van der Waals surface area contributed by atoms with Gasteiger partial charge < -0.3 is 10.1 Å². The highest BCUT2D eigenvalue weighted by molar-refractivity contribution is 6.45. The van der Waals surface area contributed by atoms with Gasteiger partial charge in [-0.25, -0.2) is 4.98 Å². The minimum absolute atomic E-state index is 0.000576. The highest BCUT2D eigenvalue weighted by Gasteiger charge is 2.07. The van der Waals surface area contributed by atoms with E-state index in [1.54, 1.807) is 12.4 Å². The van der Waals surface area contributed by atoms with E-state index in [1.807, 2.05) is 35.0 Å². The summed E-state index contributed by atoms with van der Waals surface area (Å²) in [5, 5.41) is 23.5. The van der Waals surface area contributed by atoms with E-state index in [0.29, 0.717) is 11.9 Å². The molecule has 0 atom stereocenters. The van der Waals surface area contributed by atoms with Crippen molar-refractivity contribution in [2.45, 2.75) is 6.54 Å². The van der Waals surface area contributed by atoms with Crippen LogP contribution in [0.2, 0.25) is 0 Å². The van der Waals surface area contributed by atoms with Gasteiger partial charge in [0.25, 0.3) is 0 Å². The number of hydrogen-bond acceptors (Lipinski definition) is 4. The number of hydrogen-bond donors (Lipinski definition) is 2. The molecule has 0 radical (unpaired) electrons. The highest BCUT2D eigenvalue weighted by atomic mass is 16.3. The molecule has 0 amide bonds. The lowest BCUT2D eigenvalue weighted by atomic mass is 9.88. The zero-order valence-electron chi connectivity index (χ0n) is 10.2. The molecule has 6 heteroatoms. The van der Waals surface area contributed by atoms with Crippen molar-refractivity contribution in [2.24, 2.45) is 0 Å². The maximum absolute atomic E-state index is 9.63. The van der Waals surface area contributed by atoms with Crippen molar-refractivity contribution in [2.75, 3.05) is 0 Å². The second-order valence-electron chi connectivity index (χ2n) is 4.34. The van der Waals surface area contributed by atoms with E-state index in [0.717, 1.165) is 16.5 Å². The topological polar surface area (TPSA) is 71.2 Å². The summed E-state index contributed by atoms with van der Waals surface area (Å²) >= 11 is 0. The third kappa shape index (κ3) is 2.18. The molecule has 3 aromatic rings. The third-order valence-corrected chi connectivity index (χ3v) is 3.09. The lowest BCUT2D eigenvalue weighted by Gasteiger charge is -2.04. The van der Waals surface area contributed by atoms with Gasteiger partial charge in [-0.15, -0.1) is 0 Å². The molecule has 0 aliphatic rings. The Morgan fingerprint density at radius 1 is 1.16 bits per heavy atom. The first-order chi connectivity index (χ1) is 9.28. The molecule has 0 aliphatic carbocycles. The number of pyridine rings is 1. The van der Waals surface area contributed by atoms with Crippen LogP contribution < -0.4 is 5.46 Å². The van der Waals surface area contributed by atoms with E-state index in [1.165, 1.54) is 0 Å². The first-order valence-electron chi connectivity index (χ1n) is 5.96. The van der Waals surface area contributed by atoms with Crippen molar-refractivity contribution in [1.82, 2.24) is 14.8 Å². The zero-order valence-corrected chi connectivity index (χ0v) is 10.2. The summed E-state index contributed by atoms with van der Waals surface area (Å²) in [4.78, 5) is 3.82. The Kier molecular flexibility index (Phi) is 2.93. The van der Waals surface area contributed by atoms with E-state index in [2.05, 4.69) is 10.1 Å². The van der Waals surface area contributed by atoms with Gasteiger partial charge >= 0.3 is 7.48 Å². The number of benzene rings is 1. The number of fused-ring (bicyclic) bond motifs is 1. The van der Waals surface area contributed by atoms with E-state index in [-0.39, 0.29) is 13.4 Å². The Hall–Kier alpha value is -2.34. The minimum atomic E-state index is -0.000576. The molecule has 0 saturated heterocycles. The van der Waals surface area contributed by atoms with Crippen LogP contribution in [-0.2, 0) is 6.54 Å². The molecule has 0 unspecified atom stereocenters. The fourth-order valence-electron chi connectivity index (χ4n) is 2.04.